The van der Waals surface area contributed by atoms with E-state index in [4.69, 9.17) is 23.2 Å². The van der Waals surface area contributed by atoms with Crippen LogP contribution >= 0.6 is 35.0 Å². The first-order chi connectivity index (χ1) is 10.7. The number of carboxylic acid groups (broad SMARTS) is 1. The molecule has 1 aliphatic heterocycles. The molecule has 0 bridgehead atoms. The topological polar surface area (TPSA) is 49.7 Å². The van der Waals surface area contributed by atoms with Crippen molar-refractivity contribution in [2.24, 2.45) is 4.99 Å². The Hall–Kier alpha value is -0.970. The summed E-state index contributed by atoms with van der Waals surface area (Å²) in [6, 6.07) is 5.36. The molecule has 1 aromatic carbocycles. The second kappa shape index (κ2) is 7.29. The van der Waals surface area contributed by atoms with E-state index in [0.29, 0.717) is 21.0 Å². The minimum absolute atomic E-state index is 0.0826. The number of carboxylic acids is 1. The highest BCUT2D eigenvalue weighted by Gasteiger charge is 2.38. The number of aliphatic imine (C=N–C) groups is 1. The van der Waals surface area contributed by atoms with Gasteiger partial charge in [0.2, 0.25) is 0 Å². The van der Waals surface area contributed by atoms with Crippen LogP contribution in [0.4, 0.5) is 0 Å². The molecule has 0 spiro atoms. The van der Waals surface area contributed by atoms with E-state index in [1.807, 2.05) is 13.0 Å². The van der Waals surface area contributed by atoms with E-state index in [-0.39, 0.29) is 16.7 Å². The lowest BCUT2D eigenvalue weighted by Crippen LogP contribution is -2.33. The number of hydrogen-bond acceptors (Lipinski definition) is 3. The van der Waals surface area contributed by atoms with Gasteiger partial charge in [0.1, 0.15) is 0 Å². The van der Waals surface area contributed by atoms with Crippen molar-refractivity contribution < 1.29 is 9.90 Å². The Morgan fingerprint density at radius 2 is 1.96 bits per heavy atom. The normalized spacial score (nSPS) is 21.6. The van der Waals surface area contributed by atoms with E-state index in [9.17, 15) is 9.90 Å². The summed E-state index contributed by atoms with van der Waals surface area (Å²) in [6.07, 6.45) is 0. The molecule has 0 fully saturated rings. The predicted octanol–water partition coefficient (Wildman–Crippen LogP) is 5.42. The van der Waals surface area contributed by atoms with Crippen molar-refractivity contribution in [2.45, 2.75) is 44.1 Å². The van der Waals surface area contributed by atoms with E-state index in [1.165, 1.54) is 0 Å². The maximum absolute atomic E-state index is 11.9. The SMILES string of the molecule is CC1=NC(C)=C(C(=O)O)C(c2cccc(Cl)c2Cl)C1SC(C)C. The Balaban J connectivity index is 2.67. The van der Waals surface area contributed by atoms with Crippen LogP contribution in [0.5, 0.6) is 0 Å². The summed E-state index contributed by atoms with van der Waals surface area (Å²) < 4.78 is 0. The van der Waals surface area contributed by atoms with Gasteiger partial charge >= 0.3 is 5.97 Å². The average Bonchev–Trinajstić information content (AvgIpc) is 2.44. The van der Waals surface area contributed by atoms with Crippen molar-refractivity contribution in [2.75, 3.05) is 0 Å². The Morgan fingerprint density at radius 3 is 2.52 bits per heavy atom. The molecule has 1 aromatic rings. The third-order valence-corrected chi connectivity index (χ3v) is 6.01. The van der Waals surface area contributed by atoms with Gasteiger partial charge in [-0.3, -0.25) is 4.99 Å². The van der Waals surface area contributed by atoms with Gasteiger partial charge in [0, 0.05) is 17.3 Å². The molecule has 2 unspecified atom stereocenters. The average molecular weight is 372 g/mol. The van der Waals surface area contributed by atoms with Crippen LogP contribution in [0.3, 0.4) is 0 Å². The molecule has 0 saturated heterocycles. The fraction of sp³-hybridized carbons (Fsp3) is 0.412. The first-order valence-electron chi connectivity index (χ1n) is 7.32. The first kappa shape index (κ1) is 18.4. The number of hydrogen-bond donors (Lipinski definition) is 1. The molecular formula is C17H19Cl2NO2S. The Labute approximate surface area is 150 Å². The number of allylic oxidation sites excluding steroid dienone is 1. The van der Waals surface area contributed by atoms with Crippen molar-refractivity contribution in [3.8, 4) is 0 Å². The summed E-state index contributed by atoms with van der Waals surface area (Å²) in [5.41, 5.74) is 2.46. The molecule has 0 radical (unpaired) electrons. The molecule has 0 amide bonds. The van der Waals surface area contributed by atoms with Crippen LogP contribution in [0.15, 0.2) is 34.5 Å². The summed E-state index contributed by atoms with van der Waals surface area (Å²) in [5, 5.41) is 10.8. The first-order valence-corrected chi connectivity index (χ1v) is 9.02. The number of aliphatic carboxylic acids is 1. The van der Waals surface area contributed by atoms with E-state index < -0.39 is 5.97 Å². The van der Waals surface area contributed by atoms with E-state index in [1.54, 1.807) is 30.8 Å². The van der Waals surface area contributed by atoms with Gasteiger partial charge in [-0.15, -0.1) is 11.8 Å². The van der Waals surface area contributed by atoms with Crippen LogP contribution in [0.25, 0.3) is 0 Å². The third-order valence-electron chi connectivity index (χ3n) is 3.73. The zero-order valence-electron chi connectivity index (χ0n) is 13.4. The molecular weight excluding hydrogens is 353 g/mol. The molecule has 0 saturated carbocycles. The zero-order chi connectivity index (χ0) is 17.3. The summed E-state index contributed by atoms with van der Waals surface area (Å²) in [4.78, 5) is 16.3. The van der Waals surface area contributed by atoms with Crippen molar-refractivity contribution in [1.82, 2.24) is 0 Å². The fourth-order valence-corrected chi connectivity index (χ4v) is 4.54. The van der Waals surface area contributed by atoms with E-state index >= 15 is 0 Å². The molecule has 23 heavy (non-hydrogen) atoms. The van der Waals surface area contributed by atoms with Crippen LogP contribution in [0, 0.1) is 0 Å². The highest BCUT2D eigenvalue weighted by molar-refractivity contribution is 8.01. The second-order valence-electron chi connectivity index (χ2n) is 5.78. The zero-order valence-corrected chi connectivity index (χ0v) is 15.8. The van der Waals surface area contributed by atoms with Gasteiger partial charge in [0.25, 0.3) is 0 Å². The van der Waals surface area contributed by atoms with Gasteiger partial charge < -0.3 is 5.11 Å². The molecule has 6 heteroatoms. The van der Waals surface area contributed by atoms with E-state index in [0.717, 1.165) is 11.3 Å². The number of nitrogens with zero attached hydrogens (tertiary/aromatic N) is 1. The number of benzene rings is 1. The minimum atomic E-state index is -0.964. The van der Waals surface area contributed by atoms with Gasteiger partial charge in [-0.2, -0.15) is 0 Å². The van der Waals surface area contributed by atoms with Gasteiger partial charge in [0.05, 0.1) is 20.9 Å². The monoisotopic (exact) mass is 371 g/mol. The lowest BCUT2D eigenvalue weighted by Gasteiger charge is -2.33. The lowest BCUT2D eigenvalue weighted by atomic mass is 9.83. The Bertz CT molecular complexity index is 698. The Morgan fingerprint density at radius 1 is 1.30 bits per heavy atom. The second-order valence-corrected chi connectivity index (χ2v) is 8.29. The molecule has 1 N–H and O–H groups in total. The number of halogens is 2. The van der Waals surface area contributed by atoms with Crippen LogP contribution in [-0.2, 0) is 4.79 Å². The van der Waals surface area contributed by atoms with Crippen molar-refractivity contribution >= 4 is 46.6 Å². The van der Waals surface area contributed by atoms with Crippen LogP contribution in [-0.4, -0.2) is 27.3 Å². The molecule has 124 valence electrons. The largest absolute Gasteiger partial charge is 0.478 e. The maximum atomic E-state index is 11.9. The van der Waals surface area contributed by atoms with Crippen LogP contribution < -0.4 is 0 Å². The molecule has 2 rings (SSSR count). The highest BCUT2D eigenvalue weighted by atomic mass is 35.5. The van der Waals surface area contributed by atoms with Crippen LogP contribution in [0.2, 0.25) is 10.0 Å². The minimum Gasteiger partial charge on any atom is -0.478 e. The summed E-state index contributed by atoms with van der Waals surface area (Å²) in [7, 11) is 0. The summed E-state index contributed by atoms with van der Waals surface area (Å²) in [5.74, 6) is -1.34. The van der Waals surface area contributed by atoms with Gasteiger partial charge in [-0.25, -0.2) is 4.79 Å². The maximum Gasteiger partial charge on any atom is 0.334 e. The number of carbonyl (C=O) groups is 1. The molecule has 3 nitrogen and oxygen atoms in total. The van der Waals surface area contributed by atoms with Crippen molar-refractivity contribution in [1.29, 1.82) is 0 Å². The van der Waals surface area contributed by atoms with Crippen molar-refractivity contribution in [3.05, 3.63) is 45.1 Å². The Kier molecular flexibility index (Phi) is 5.82. The van der Waals surface area contributed by atoms with Gasteiger partial charge in [-0.05, 0) is 30.7 Å². The molecule has 0 aliphatic carbocycles. The lowest BCUT2D eigenvalue weighted by molar-refractivity contribution is -0.133. The number of rotatable bonds is 4. The molecule has 0 aromatic heterocycles. The third kappa shape index (κ3) is 3.76. The highest BCUT2D eigenvalue weighted by Crippen LogP contribution is 2.45. The fourth-order valence-electron chi connectivity index (χ4n) is 2.84. The standard InChI is InChI=1S/C17H19Cl2NO2S/c1-8(2)23-16-10(4)20-9(3)13(17(21)22)14(16)11-6-5-7-12(18)15(11)19/h5-8,14,16H,1-4H3,(H,21,22). The molecule has 1 heterocycles. The molecule has 1 aliphatic rings. The van der Waals surface area contributed by atoms with Gasteiger partial charge in [0.15, 0.2) is 0 Å². The van der Waals surface area contributed by atoms with Gasteiger partial charge in [-0.1, -0.05) is 49.2 Å². The molecule has 2 atom stereocenters. The van der Waals surface area contributed by atoms with Crippen LogP contribution in [0.1, 0.15) is 39.2 Å². The smallest absolute Gasteiger partial charge is 0.334 e. The predicted molar refractivity (Wildman–Crippen MR) is 99.2 cm³/mol. The van der Waals surface area contributed by atoms with E-state index in [2.05, 4.69) is 18.8 Å². The summed E-state index contributed by atoms with van der Waals surface area (Å²) >= 11 is 14.2. The summed E-state index contributed by atoms with van der Waals surface area (Å²) in [6.45, 7) is 7.84. The number of thioether (sulfide) groups is 1. The quantitative estimate of drug-likeness (QED) is 0.768. The van der Waals surface area contributed by atoms with Crippen molar-refractivity contribution in [3.63, 3.8) is 0 Å².